The lowest BCUT2D eigenvalue weighted by molar-refractivity contribution is -0.114. The predicted molar refractivity (Wildman–Crippen MR) is 133 cm³/mol. The van der Waals surface area contributed by atoms with E-state index in [4.69, 9.17) is 16.3 Å². The van der Waals surface area contributed by atoms with Crippen LogP contribution in [-0.2, 0) is 19.6 Å². The Morgan fingerprint density at radius 3 is 2.32 bits per heavy atom. The normalized spacial score (nSPS) is 11.1. The Labute approximate surface area is 204 Å². The minimum Gasteiger partial charge on any atom is -0.465 e. The maximum Gasteiger partial charge on any atom is 0.337 e. The summed E-state index contributed by atoms with van der Waals surface area (Å²) in [6.45, 7) is 5.03. The van der Waals surface area contributed by atoms with Crippen LogP contribution in [0.5, 0.6) is 0 Å². The van der Waals surface area contributed by atoms with E-state index in [-0.39, 0.29) is 21.2 Å². The summed E-state index contributed by atoms with van der Waals surface area (Å²) in [7, 11) is -2.82. The molecule has 0 heterocycles. The highest BCUT2D eigenvalue weighted by Crippen LogP contribution is 2.29. The van der Waals surface area contributed by atoms with Crippen molar-refractivity contribution in [1.82, 2.24) is 0 Å². The second-order valence-electron chi connectivity index (χ2n) is 7.78. The molecular weight excluding hydrogens is 476 g/mol. The number of sulfonamides is 1. The first-order chi connectivity index (χ1) is 16.0. The van der Waals surface area contributed by atoms with Gasteiger partial charge in [-0.25, -0.2) is 13.2 Å². The fourth-order valence-corrected chi connectivity index (χ4v) is 4.97. The zero-order chi connectivity index (χ0) is 25.0. The van der Waals surface area contributed by atoms with Gasteiger partial charge in [0.05, 0.1) is 34.0 Å². The van der Waals surface area contributed by atoms with Crippen molar-refractivity contribution in [3.05, 3.63) is 87.9 Å². The molecule has 1 amide bonds. The highest BCUT2D eigenvalue weighted by atomic mass is 35.5. The largest absolute Gasteiger partial charge is 0.465 e. The summed E-state index contributed by atoms with van der Waals surface area (Å²) in [6.07, 6.45) is 0. The molecule has 0 fully saturated rings. The van der Waals surface area contributed by atoms with E-state index in [9.17, 15) is 18.0 Å². The van der Waals surface area contributed by atoms with Gasteiger partial charge in [-0.2, -0.15) is 0 Å². The summed E-state index contributed by atoms with van der Waals surface area (Å²) in [4.78, 5) is 24.9. The van der Waals surface area contributed by atoms with Gasteiger partial charge >= 0.3 is 5.97 Å². The van der Waals surface area contributed by atoms with Gasteiger partial charge in [-0.15, -0.1) is 0 Å². The Balaban J connectivity index is 2.00. The highest BCUT2D eigenvalue weighted by molar-refractivity contribution is 7.92. The van der Waals surface area contributed by atoms with Gasteiger partial charge in [0.15, 0.2) is 0 Å². The molecule has 3 aromatic rings. The first kappa shape index (κ1) is 25.3. The van der Waals surface area contributed by atoms with Crippen molar-refractivity contribution in [2.45, 2.75) is 25.7 Å². The predicted octanol–water partition coefficient (Wildman–Crippen LogP) is 4.89. The number of anilines is 2. The molecule has 1 N–H and O–H groups in total. The molecule has 0 spiro atoms. The zero-order valence-corrected chi connectivity index (χ0v) is 20.8. The summed E-state index contributed by atoms with van der Waals surface area (Å²) in [5.74, 6) is -1.22. The van der Waals surface area contributed by atoms with Crippen LogP contribution in [0.2, 0.25) is 5.02 Å². The summed E-state index contributed by atoms with van der Waals surface area (Å²) in [6, 6.07) is 16.0. The average molecular weight is 501 g/mol. The number of rotatable bonds is 7. The smallest absolute Gasteiger partial charge is 0.337 e. The summed E-state index contributed by atoms with van der Waals surface area (Å²) in [5.41, 5.74) is 3.29. The quantitative estimate of drug-likeness (QED) is 0.466. The number of nitrogens with zero attached hydrogens (tertiary/aromatic N) is 1. The molecule has 178 valence electrons. The lowest BCUT2D eigenvalue weighted by Crippen LogP contribution is -2.38. The fraction of sp³-hybridized carbons (Fsp3) is 0.200. The van der Waals surface area contributed by atoms with Crippen molar-refractivity contribution in [3.8, 4) is 0 Å². The van der Waals surface area contributed by atoms with Crippen LogP contribution >= 0.6 is 11.6 Å². The average Bonchev–Trinajstić information content (AvgIpc) is 2.80. The molecular formula is C25H25ClN2O5S. The second-order valence-corrected chi connectivity index (χ2v) is 10.0. The molecule has 0 saturated heterocycles. The molecule has 34 heavy (non-hydrogen) atoms. The van der Waals surface area contributed by atoms with Crippen LogP contribution < -0.4 is 9.62 Å². The monoisotopic (exact) mass is 500 g/mol. The molecule has 7 nitrogen and oxygen atoms in total. The third-order valence-corrected chi connectivity index (χ3v) is 7.51. The van der Waals surface area contributed by atoms with Gasteiger partial charge in [-0.1, -0.05) is 41.4 Å². The molecule has 0 aliphatic carbocycles. The molecule has 0 bridgehead atoms. The van der Waals surface area contributed by atoms with Crippen molar-refractivity contribution in [2.75, 3.05) is 23.3 Å². The Bertz CT molecular complexity index is 1340. The van der Waals surface area contributed by atoms with Crippen molar-refractivity contribution in [1.29, 1.82) is 0 Å². The first-order valence-corrected chi connectivity index (χ1v) is 12.2. The van der Waals surface area contributed by atoms with Gasteiger partial charge in [0.1, 0.15) is 6.54 Å². The molecule has 0 saturated carbocycles. The fourth-order valence-electron chi connectivity index (χ4n) is 3.33. The Hall–Kier alpha value is -3.36. The van der Waals surface area contributed by atoms with Crippen LogP contribution in [0.1, 0.15) is 27.0 Å². The third-order valence-electron chi connectivity index (χ3n) is 5.40. The first-order valence-electron chi connectivity index (χ1n) is 10.4. The number of hydrogen-bond acceptors (Lipinski definition) is 5. The number of methoxy groups -OCH3 is 1. The van der Waals surface area contributed by atoms with Gasteiger partial charge in [0.25, 0.3) is 10.0 Å². The summed E-state index contributed by atoms with van der Waals surface area (Å²) >= 11 is 6.19. The van der Waals surface area contributed by atoms with Crippen LogP contribution in [0.15, 0.2) is 65.6 Å². The number of esters is 1. The van der Waals surface area contributed by atoms with Crippen LogP contribution in [-0.4, -0.2) is 33.9 Å². The number of ether oxygens (including phenoxy) is 1. The minimum atomic E-state index is -4.07. The number of halogens is 1. The molecule has 3 aromatic carbocycles. The van der Waals surface area contributed by atoms with Gasteiger partial charge in [-0.05, 0) is 68.3 Å². The standard InChI is InChI=1S/C25H25ClN2O5S/c1-16-8-11-20(12-9-16)34(31,32)28(23-7-5-6-17(2)18(23)3)15-24(29)27-22-14-19(25(30)33-4)10-13-21(22)26/h5-14H,15H2,1-4H3,(H,27,29). The number of amides is 1. The number of carbonyl (C=O) groups excluding carboxylic acids is 2. The Morgan fingerprint density at radius 2 is 1.68 bits per heavy atom. The Kier molecular flexibility index (Phi) is 7.64. The van der Waals surface area contributed by atoms with Gasteiger partial charge in [0, 0.05) is 0 Å². The van der Waals surface area contributed by atoms with Gasteiger partial charge in [-0.3, -0.25) is 9.10 Å². The number of carbonyl (C=O) groups is 2. The molecule has 0 aromatic heterocycles. The van der Waals surface area contributed by atoms with E-state index >= 15 is 0 Å². The van der Waals surface area contributed by atoms with E-state index in [2.05, 4.69) is 5.32 Å². The van der Waals surface area contributed by atoms with E-state index in [0.717, 1.165) is 21.0 Å². The van der Waals surface area contributed by atoms with Crippen LogP contribution in [0.3, 0.4) is 0 Å². The SMILES string of the molecule is COC(=O)c1ccc(Cl)c(NC(=O)CN(c2cccc(C)c2C)S(=O)(=O)c2ccc(C)cc2)c1. The van der Waals surface area contributed by atoms with E-state index in [1.165, 1.54) is 37.4 Å². The minimum absolute atomic E-state index is 0.0672. The van der Waals surface area contributed by atoms with Gasteiger partial charge in [0.2, 0.25) is 5.91 Å². The lowest BCUT2D eigenvalue weighted by Gasteiger charge is -2.26. The lowest BCUT2D eigenvalue weighted by atomic mass is 10.1. The van der Waals surface area contributed by atoms with Gasteiger partial charge < -0.3 is 10.1 Å². The third kappa shape index (κ3) is 5.40. The van der Waals surface area contributed by atoms with Crippen LogP contribution in [0, 0.1) is 20.8 Å². The van der Waals surface area contributed by atoms with Crippen LogP contribution in [0.25, 0.3) is 0 Å². The second kappa shape index (κ2) is 10.3. The van der Waals surface area contributed by atoms with Crippen molar-refractivity contribution in [3.63, 3.8) is 0 Å². The molecule has 0 aliphatic heterocycles. The topological polar surface area (TPSA) is 92.8 Å². The van der Waals surface area contributed by atoms with Crippen LogP contribution in [0.4, 0.5) is 11.4 Å². The van der Waals surface area contributed by atoms with E-state index in [0.29, 0.717) is 5.69 Å². The van der Waals surface area contributed by atoms with E-state index < -0.39 is 28.4 Å². The molecule has 0 atom stereocenters. The highest BCUT2D eigenvalue weighted by Gasteiger charge is 2.29. The number of hydrogen-bond donors (Lipinski definition) is 1. The van der Waals surface area contributed by atoms with E-state index in [1.54, 1.807) is 31.2 Å². The maximum absolute atomic E-state index is 13.6. The number of benzene rings is 3. The van der Waals surface area contributed by atoms with Crippen molar-refractivity contribution < 1.29 is 22.7 Å². The molecule has 0 aliphatic rings. The molecule has 3 rings (SSSR count). The van der Waals surface area contributed by atoms with E-state index in [1.807, 2.05) is 19.9 Å². The zero-order valence-electron chi connectivity index (χ0n) is 19.3. The van der Waals surface area contributed by atoms with Crippen molar-refractivity contribution >= 4 is 44.9 Å². The molecule has 0 radical (unpaired) electrons. The maximum atomic E-state index is 13.6. The summed E-state index contributed by atoms with van der Waals surface area (Å²) in [5, 5.41) is 2.81. The molecule has 0 unspecified atom stereocenters. The number of nitrogens with one attached hydrogen (secondary N) is 1. The number of aryl methyl sites for hydroxylation is 2. The molecule has 9 heteroatoms. The van der Waals surface area contributed by atoms with Crippen molar-refractivity contribution in [2.24, 2.45) is 0 Å². The summed E-state index contributed by atoms with van der Waals surface area (Å²) < 4.78 is 33.0. The Morgan fingerprint density at radius 1 is 1.00 bits per heavy atom.